The highest BCUT2D eigenvalue weighted by Gasteiger charge is 2.20. The number of nitrogens with one attached hydrogen (secondary N) is 1. The largest absolute Gasteiger partial charge is 0.369 e. The van der Waals surface area contributed by atoms with Gasteiger partial charge in [0.25, 0.3) is 0 Å². The zero-order valence-corrected chi connectivity index (χ0v) is 5.39. The number of primary amides is 1. The Kier molecular flexibility index (Phi) is 2.05. The van der Waals surface area contributed by atoms with Gasteiger partial charge in [0.2, 0.25) is 5.91 Å². The molecule has 0 bridgehead atoms. The first-order valence-electron chi connectivity index (χ1n) is 3.28. The van der Waals surface area contributed by atoms with E-state index in [1.807, 2.05) is 0 Å². The lowest BCUT2D eigenvalue weighted by Crippen LogP contribution is -2.29. The first-order valence-corrected chi connectivity index (χ1v) is 3.28. The Morgan fingerprint density at radius 1 is 1.67 bits per heavy atom. The van der Waals surface area contributed by atoms with E-state index in [9.17, 15) is 4.79 Å². The van der Waals surface area contributed by atoms with Gasteiger partial charge in [-0.25, -0.2) is 0 Å². The number of hydrogen-bond acceptors (Lipinski definition) is 2. The van der Waals surface area contributed by atoms with Gasteiger partial charge in [-0.2, -0.15) is 0 Å². The number of hydrogen-bond donors (Lipinski definition) is 2. The van der Waals surface area contributed by atoms with E-state index in [-0.39, 0.29) is 5.91 Å². The summed E-state index contributed by atoms with van der Waals surface area (Å²) in [6.07, 6.45) is 2.62. The molecule has 1 saturated carbocycles. The molecular formula is C6H12N2O. The first kappa shape index (κ1) is 6.55. The summed E-state index contributed by atoms with van der Waals surface area (Å²) >= 11 is 0. The van der Waals surface area contributed by atoms with Crippen LogP contribution in [0.25, 0.3) is 0 Å². The van der Waals surface area contributed by atoms with E-state index in [0.29, 0.717) is 6.54 Å². The fraction of sp³-hybridized carbons (Fsp3) is 0.833. The van der Waals surface area contributed by atoms with Crippen LogP contribution in [0.4, 0.5) is 0 Å². The molecule has 0 spiro atoms. The molecule has 1 amide bonds. The molecule has 9 heavy (non-hydrogen) atoms. The third-order valence-electron chi connectivity index (χ3n) is 1.43. The molecule has 1 aliphatic carbocycles. The van der Waals surface area contributed by atoms with Crippen LogP contribution in [0.5, 0.6) is 0 Å². The van der Waals surface area contributed by atoms with Crippen molar-refractivity contribution >= 4 is 5.91 Å². The van der Waals surface area contributed by atoms with E-state index in [2.05, 4.69) is 5.32 Å². The fourth-order valence-electron chi connectivity index (χ4n) is 0.721. The van der Waals surface area contributed by atoms with Crippen LogP contribution < -0.4 is 11.1 Å². The highest BCUT2D eigenvalue weighted by Crippen LogP contribution is 2.27. The molecule has 0 saturated heterocycles. The molecule has 1 fully saturated rings. The molecule has 0 aromatic heterocycles. The summed E-state index contributed by atoms with van der Waals surface area (Å²) in [5.41, 5.74) is 4.90. The molecule has 1 rings (SSSR count). The first-order chi connectivity index (χ1) is 4.29. The molecule has 3 nitrogen and oxygen atoms in total. The molecule has 0 aromatic carbocycles. The monoisotopic (exact) mass is 128 g/mol. The van der Waals surface area contributed by atoms with Crippen molar-refractivity contribution in [1.29, 1.82) is 0 Å². The van der Waals surface area contributed by atoms with Crippen molar-refractivity contribution in [3.05, 3.63) is 0 Å². The molecule has 3 N–H and O–H groups in total. The van der Waals surface area contributed by atoms with Crippen LogP contribution in [-0.4, -0.2) is 19.0 Å². The third-order valence-corrected chi connectivity index (χ3v) is 1.43. The van der Waals surface area contributed by atoms with E-state index in [1.54, 1.807) is 0 Å². The summed E-state index contributed by atoms with van der Waals surface area (Å²) in [6.45, 7) is 1.29. The predicted molar refractivity (Wildman–Crippen MR) is 34.8 cm³/mol. The van der Waals surface area contributed by atoms with E-state index in [0.717, 1.165) is 12.5 Å². The maximum atomic E-state index is 10.2. The average molecular weight is 128 g/mol. The van der Waals surface area contributed by atoms with Crippen LogP contribution in [-0.2, 0) is 4.79 Å². The zero-order valence-electron chi connectivity index (χ0n) is 5.39. The van der Waals surface area contributed by atoms with Crippen molar-refractivity contribution in [2.75, 3.05) is 13.1 Å². The Bertz CT molecular complexity index is 110. The van der Waals surface area contributed by atoms with Crippen molar-refractivity contribution in [3.63, 3.8) is 0 Å². The highest BCUT2D eigenvalue weighted by molar-refractivity contribution is 5.75. The zero-order chi connectivity index (χ0) is 6.69. The van der Waals surface area contributed by atoms with Gasteiger partial charge in [-0.05, 0) is 25.3 Å². The van der Waals surface area contributed by atoms with Gasteiger partial charge in [0.05, 0.1) is 6.54 Å². The van der Waals surface area contributed by atoms with Gasteiger partial charge >= 0.3 is 0 Å². The van der Waals surface area contributed by atoms with Gasteiger partial charge < -0.3 is 11.1 Å². The van der Waals surface area contributed by atoms with Gasteiger partial charge in [0.15, 0.2) is 0 Å². The minimum atomic E-state index is -0.268. The maximum absolute atomic E-state index is 10.2. The van der Waals surface area contributed by atoms with Crippen LogP contribution >= 0.6 is 0 Å². The Morgan fingerprint density at radius 2 is 2.33 bits per heavy atom. The standard InChI is InChI=1S/C6H12N2O/c7-6(9)4-8-3-5-1-2-5/h5,8H,1-4H2,(H2,7,9). The van der Waals surface area contributed by atoms with Crippen LogP contribution in [0.2, 0.25) is 0 Å². The Morgan fingerprint density at radius 3 is 2.78 bits per heavy atom. The summed E-state index contributed by atoms with van der Waals surface area (Å²) in [6, 6.07) is 0. The molecule has 0 heterocycles. The molecule has 0 radical (unpaired) electrons. The van der Waals surface area contributed by atoms with E-state index in [1.165, 1.54) is 12.8 Å². The van der Waals surface area contributed by atoms with Crippen molar-refractivity contribution in [3.8, 4) is 0 Å². The number of carbonyl (C=O) groups is 1. The number of nitrogens with two attached hydrogens (primary N) is 1. The Labute approximate surface area is 54.6 Å². The minimum absolute atomic E-state index is 0.268. The molecular weight excluding hydrogens is 116 g/mol. The summed E-state index contributed by atoms with van der Waals surface area (Å²) in [4.78, 5) is 10.2. The SMILES string of the molecule is NC(=O)CNCC1CC1. The third kappa shape index (κ3) is 3.08. The second kappa shape index (κ2) is 2.82. The van der Waals surface area contributed by atoms with Gasteiger partial charge in [-0.1, -0.05) is 0 Å². The van der Waals surface area contributed by atoms with Gasteiger partial charge in [0.1, 0.15) is 0 Å². The van der Waals surface area contributed by atoms with Crippen molar-refractivity contribution in [2.45, 2.75) is 12.8 Å². The van der Waals surface area contributed by atoms with Crippen molar-refractivity contribution in [2.24, 2.45) is 11.7 Å². The number of carbonyl (C=O) groups excluding carboxylic acids is 1. The average Bonchev–Trinajstić information content (AvgIpc) is 2.48. The summed E-state index contributed by atoms with van der Waals surface area (Å²) in [5, 5.41) is 2.97. The van der Waals surface area contributed by atoms with Crippen LogP contribution in [0.3, 0.4) is 0 Å². The van der Waals surface area contributed by atoms with Crippen LogP contribution in [0.1, 0.15) is 12.8 Å². The Hall–Kier alpha value is -0.570. The van der Waals surface area contributed by atoms with Crippen LogP contribution in [0, 0.1) is 5.92 Å². The predicted octanol–water partition coefficient (Wildman–Crippen LogP) is -0.529. The number of rotatable bonds is 4. The van der Waals surface area contributed by atoms with Gasteiger partial charge in [0, 0.05) is 0 Å². The second-order valence-electron chi connectivity index (χ2n) is 2.54. The quantitative estimate of drug-likeness (QED) is 0.535. The molecule has 0 atom stereocenters. The lowest BCUT2D eigenvalue weighted by atomic mass is 10.4. The van der Waals surface area contributed by atoms with E-state index >= 15 is 0 Å². The van der Waals surface area contributed by atoms with Gasteiger partial charge in [-0.15, -0.1) is 0 Å². The molecule has 0 aliphatic heterocycles. The highest BCUT2D eigenvalue weighted by atomic mass is 16.1. The lowest BCUT2D eigenvalue weighted by molar-refractivity contribution is -0.117. The fourth-order valence-corrected chi connectivity index (χ4v) is 0.721. The molecule has 3 heteroatoms. The minimum Gasteiger partial charge on any atom is -0.369 e. The van der Waals surface area contributed by atoms with Crippen molar-refractivity contribution in [1.82, 2.24) is 5.32 Å². The van der Waals surface area contributed by atoms with E-state index in [4.69, 9.17) is 5.73 Å². The second-order valence-corrected chi connectivity index (χ2v) is 2.54. The molecule has 52 valence electrons. The molecule has 1 aliphatic rings. The van der Waals surface area contributed by atoms with Crippen LogP contribution in [0.15, 0.2) is 0 Å². The summed E-state index contributed by atoms with van der Waals surface area (Å²) in [5.74, 6) is 0.556. The summed E-state index contributed by atoms with van der Waals surface area (Å²) < 4.78 is 0. The maximum Gasteiger partial charge on any atom is 0.231 e. The Balaban J connectivity index is 1.86. The topological polar surface area (TPSA) is 55.1 Å². The van der Waals surface area contributed by atoms with E-state index < -0.39 is 0 Å². The van der Waals surface area contributed by atoms with Gasteiger partial charge in [-0.3, -0.25) is 4.79 Å². The number of amides is 1. The summed E-state index contributed by atoms with van der Waals surface area (Å²) in [7, 11) is 0. The normalized spacial score (nSPS) is 17.8. The smallest absolute Gasteiger partial charge is 0.231 e. The lowest BCUT2D eigenvalue weighted by Gasteiger charge is -1.96. The molecule has 0 aromatic rings. The van der Waals surface area contributed by atoms with Crippen molar-refractivity contribution < 1.29 is 4.79 Å². The molecule has 0 unspecified atom stereocenters.